The molecule has 0 aliphatic rings. The van der Waals surface area contributed by atoms with Crippen LogP contribution in [0.3, 0.4) is 0 Å². The summed E-state index contributed by atoms with van der Waals surface area (Å²) in [6.07, 6.45) is 0.836. The van der Waals surface area contributed by atoms with Crippen molar-refractivity contribution in [2.75, 3.05) is 20.2 Å². The highest BCUT2D eigenvalue weighted by Gasteiger charge is 2.12. The first-order chi connectivity index (χ1) is 8.60. The molecular weight excluding hydrogens is 228 g/mol. The smallest absolute Gasteiger partial charge is 0.260 e. The van der Waals surface area contributed by atoms with E-state index in [1.165, 1.54) is 0 Å². The maximum Gasteiger partial charge on any atom is 0.260 e. The Kier molecular flexibility index (Phi) is 5.65. The molecule has 4 nitrogen and oxygen atoms in total. The predicted molar refractivity (Wildman–Crippen MR) is 72.5 cm³/mol. The van der Waals surface area contributed by atoms with Crippen LogP contribution in [0.4, 0.5) is 0 Å². The number of ether oxygens (including phenoxy) is 1. The molecule has 2 N–H and O–H groups in total. The van der Waals surface area contributed by atoms with Gasteiger partial charge in [0, 0.05) is 25.2 Å². The molecule has 1 aromatic rings. The fourth-order valence-electron chi connectivity index (χ4n) is 1.56. The molecular formula is C14H22N2O2. The third-order valence-electron chi connectivity index (χ3n) is 3.01. The molecule has 1 rings (SSSR count). The van der Waals surface area contributed by atoms with E-state index >= 15 is 0 Å². The molecule has 0 radical (unpaired) electrons. The number of amides is 1. The number of benzene rings is 1. The van der Waals surface area contributed by atoms with Gasteiger partial charge in [0.05, 0.1) is 0 Å². The lowest BCUT2D eigenvalue weighted by Crippen LogP contribution is -2.31. The summed E-state index contributed by atoms with van der Waals surface area (Å²) >= 11 is 0. The first-order valence-electron chi connectivity index (χ1n) is 6.31. The van der Waals surface area contributed by atoms with E-state index in [9.17, 15) is 4.79 Å². The van der Waals surface area contributed by atoms with Crippen LogP contribution in [0.5, 0.6) is 5.75 Å². The minimum absolute atomic E-state index is 0.0302. The number of rotatable bonds is 6. The van der Waals surface area contributed by atoms with Crippen molar-refractivity contribution in [1.29, 1.82) is 0 Å². The second-order valence-electron chi connectivity index (χ2n) is 4.25. The van der Waals surface area contributed by atoms with Gasteiger partial charge in [-0.25, -0.2) is 0 Å². The third-order valence-corrected chi connectivity index (χ3v) is 3.01. The Hall–Kier alpha value is -1.55. The zero-order valence-electron chi connectivity index (χ0n) is 11.3. The molecule has 0 heterocycles. The van der Waals surface area contributed by atoms with Gasteiger partial charge >= 0.3 is 0 Å². The molecule has 0 fully saturated rings. The summed E-state index contributed by atoms with van der Waals surface area (Å²) in [7, 11) is 1.76. The lowest BCUT2D eigenvalue weighted by molar-refractivity contribution is -0.131. The number of hydrogen-bond acceptors (Lipinski definition) is 3. The SMILES string of the molecule is CC[C@@H](N)c1ccccc1OCC(=O)N(C)CC. The summed E-state index contributed by atoms with van der Waals surface area (Å²) in [5, 5.41) is 0. The van der Waals surface area contributed by atoms with E-state index in [1.807, 2.05) is 38.1 Å². The van der Waals surface area contributed by atoms with Crippen LogP contribution in [0.2, 0.25) is 0 Å². The lowest BCUT2D eigenvalue weighted by atomic mass is 10.0. The van der Waals surface area contributed by atoms with Gasteiger partial charge in [-0.1, -0.05) is 25.1 Å². The van der Waals surface area contributed by atoms with E-state index in [0.29, 0.717) is 12.3 Å². The quantitative estimate of drug-likeness (QED) is 0.839. The Morgan fingerprint density at radius 3 is 2.67 bits per heavy atom. The zero-order chi connectivity index (χ0) is 13.5. The summed E-state index contributed by atoms with van der Waals surface area (Å²) in [4.78, 5) is 13.3. The van der Waals surface area contributed by atoms with E-state index in [0.717, 1.165) is 12.0 Å². The molecule has 0 saturated heterocycles. The lowest BCUT2D eigenvalue weighted by Gasteiger charge is -2.18. The van der Waals surface area contributed by atoms with Gasteiger partial charge in [0.25, 0.3) is 5.91 Å². The molecule has 0 unspecified atom stereocenters. The second kappa shape index (κ2) is 7.01. The molecule has 0 bridgehead atoms. The first-order valence-corrected chi connectivity index (χ1v) is 6.31. The van der Waals surface area contributed by atoms with Gasteiger partial charge in [0.1, 0.15) is 5.75 Å². The Morgan fingerprint density at radius 2 is 2.06 bits per heavy atom. The van der Waals surface area contributed by atoms with Crippen LogP contribution in [0, 0.1) is 0 Å². The van der Waals surface area contributed by atoms with E-state index in [4.69, 9.17) is 10.5 Å². The molecule has 0 aliphatic carbocycles. The second-order valence-corrected chi connectivity index (χ2v) is 4.25. The summed E-state index contributed by atoms with van der Waals surface area (Å²) < 4.78 is 5.57. The highest BCUT2D eigenvalue weighted by molar-refractivity contribution is 5.77. The molecule has 1 amide bonds. The maximum atomic E-state index is 11.7. The Bertz CT molecular complexity index is 393. The van der Waals surface area contributed by atoms with Gasteiger partial charge in [-0.05, 0) is 19.4 Å². The van der Waals surface area contributed by atoms with Crippen LogP contribution >= 0.6 is 0 Å². The minimum Gasteiger partial charge on any atom is -0.483 e. The normalized spacial score (nSPS) is 12.0. The molecule has 0 aromatic heterocycles. The van der Waals surface area contributed by atoms with Gasteiger partial charge in [-0.3, -0.25) is 4.79 Å². The Morgan fingerprint density at radius 1 is 1.39 bits per heavy atom. The van der Waals surface area contributed by atoms with Gasteiger partial charge in [-0.15, -0.1) is 0 Å². The number of likely N-dealkylation sites (N-methyl/N-ethyl adjacent to an activating group) is 1. The average Bonchev–Trinajstić information content (AvgIpc) is 2.43. The van der Waals surface area contributed by atoms with Crippen molar-refractivity contribution in [2.45, 2.75) is 26.3 Å². The molecule has 0 spiro atoms. The largest absolute Gasteiger partial charge is 0.483 e. The summed E-state index contributed by atoms with van der Waals surface area (Å²) in [5.41, 5.74) is 6.96. The molecule has 1 aromatic carbocycles. The fourth-order valence-corrected chi connectivity index (χ4v) is 1.56. The predicted octanol–water partition coefficient (Wildman–Crippen LogP) is 1.95. The standard InChI is InChI=1S/C14H22N2O2/c1-4-12(15)11-8-6-7-9-13(11)18-10-14(17)16(3)5-2/h6-9,12H,4-5,10,15H2,1-3H3/t12-/m1/s1. The molecule has 4 heteroatoms. The summed E-state index contributed by atoms with van der Waals surface area (Å²) in [5.74, 6) is 0.669. The molecule has 100 valence electrons. The van der Waals surface area contributed by atoms with Crippen molar-refractivity contribution in [3.63, 3.8) is 0 Å². The number of nitrogens with two attached hydrogens (primary N) is 1. The van der Waals surface area contributed by atoms with Gasteiger partial charge in [0.2, 0.25) is 0 Å². The molecule has 0 aliphatic heterocycles. The number of para-hydroxylation sites is 1. The molecule has 1 atom stereocenters. The van der Waals surface area contributed by atoms with Crippen LogP contribution in [0.1, 0.15) is 31.9 Å². The third kappa shape index (κ3) is 3.74. The number of carbonyl (C=O) groups is 1. The highest BCUT2D eigenvalue weighted by Crippen LogP contribution is 2.25. The van der Waals surface area contributed by atoms with Crippen LogP contribution < -0.4 is 10.5 Å². The van der Waals surface area contributed by atoms with Crippen molar-refractivity contribution in [2.24, 2.45) is 5.73 Å². The molecule has 18 heavy (non-hydrogen) atoms. The highest BCUT2D eigenvalue weighted by atomic mass is 16.5. The number of hydrogen-bond donors (Lipinski definition) is 1. The number of nitrogens with zero attached hydrogens (tertiary/aromatic N) is 1. The summed E-state index contributed by atoms with van der Waals surface area (Å²) in [6.45, 7) is 4.69. The maximum absolute atomic E-state index is 11.7. The number of carbonyl (C=O) groups excluding carboxylic acids is 1. The van der Waals surface area contributed by atoms with Crippen LogP contribution in [0.15, 0.2) is 24.3 Å². The topological polar surface area (TPSA) is 55.6 Å². The Balaban J connectivity index is 2.70. The van der Waals surface area contributed by atoms with E-state index in [1.54, 1.807) is 11.9 Å². The molecule has 0 saturated carbocycles. The van der Waals surface area contributed by atoms with Gasteiger partial charge in [-0.2, -0.15) is 0 Å². The van der Waals surface area contributed by atoms with E-state index in [-0.39, 0.29) is 18.6 Å². The monoisotopic (exact) mass is 250 g/mol. The van der Waals surface area contributed by atoms with E-state index in [2.05, 4.69) is 0 Å². The Labute approximate surface area is 109 Å². The van der Waals surface area contributed by atoms with E-state index < -0.39 is 0 Å². The average molecular weight is 250 g/mol. The van der Waals surface area contributed by atoms with Crippen LogP contribution in [-0.2, 0) is 4.79 Å². The van der Waals surface area contributed by atoms with Crippen molar-refractivity contribution in [1.82, 2.24) is 4.90 Å². The van der Waals surface area contributed by atoms with Crippen LogP contribution in [-0.4, -0.2) is 31.0 Å². The van der Waals surface area contributed by atoms with Gasteiger partial charge < -0.3 is 15.4 Å². The van der Waals surface area contributed by atoms with Crippen LogP contribution in [0.25, 0.3) is 0 Å². The fraction of sp³-hybridized carbons (Fsp3) is 0.500. The van der Waals surface area contributed by atoms with Crippen molar-refractivity contribution < 1.29 is 9.53 Å². The van der Waals surface area contributed by atoms with Crippen molar-refractivity contribution in [3.05, 3.63) is 29.8 Å². The zero-order valence-corrected chi connectivity index (χ0v) is 11.3. The van der Waals surface area contributed by atoms with Crippen molar-refractivity contribution in [3.8, 4) is 5.75 Å². The summed E-state index contributed by atoms with van der Waals surface area (Å²) in [6, 6.07) is 7.55. The van der Waals surface area contributed by atoms with Crippen molar-refractivity contribution >= 4 is 5.91 Å². The van der Waals surface area contributed by atoms with Gasteiger partial charge in [0.15, 0.2) is 6.61 Å². The minimum atomic E-state index is -0.0554. The first kappa shape index (κ1) is 14.5.